The first-order valence-electron chi connectivity index (χ1n) is 5.60. The monoisotopic (exact) mass is 218 g/mol. The summed E-state index contributed by atoms with van der Waals surface area (Å²) >= 11 is 0. The minimum Gasteiger partial charge on any atom is -0.486 e. The Bertz CT molecular complexity index is 527. The highest BCUT2D eigenvalue weighted by molar-refractivity contribution is 5.87. The number of ether oxygens (including phenoxy) is 2. The molecule has 0 N–H and O–H groups in total. The second kappa shape index (κ2) is 3.44. The van der Waals surface area contributed by atoms with Gasteiger partial charge in [0.25, 0.3) is 0 Å². The minimum absolute atomic E-state index is 0.147. The van der Waals surface area contributed by atoms with E-state index in [1.165, 1.54) is 0 Å². The van der Waals surface area contributed by atoms with Gasteiger partial charge in [-0.15, -0.1) is 0 Å². The molecule has 0 bridgehead atoms. The number of aryl methyl sites for hydroxylation is 1. The number of furan rings is 1. The zero-order valence-corrected chi connectivity index (χ0v) is 9.45. The highest BCUT2D eigenvalue weighted by atomic mass is 16.6. The molecule has 84 valence electrons. The van der Waals surface area contributed by atoms with Gasteiger partial charge in [0.1, 0.15) is 24.1 Å². The van der Waals surface area contributed by atoms with Crippen molar-refractivity contribution in [3.05, 3.63) is 24.0 Å². The van der Waals surface area contributed by atoms with Crippen LogP contribution in [0.15, 0.2) is 22.6 Å². The molecule has 1 aliphatic heterocycles. The molecule has 0 saturated carbocycles. The Morgan fingerprint density at radius 1 is 1.38 bits per heavy atom. The standard InChI is InChI=1S/C13H14O3/c1-3-9-7-14-12-5-4-11-10(13(12)16-9)6-8(2)15-11/h4-6,9H,3,7H2,1-2H3. The van der Waals surface area contributed by atoms with Gasteiger partial charge in [-0.05, 0) is 31.5 Å². The lowest BCUT2D eigenvalue weighted by Gasteiger charge is -2.25. The van der Waals surface area contributed by atoms with Crippen LogP contribution in [-0.2, 0) is 0 Å². The summed E-state index contributed by atoms with van der Waals surface area (Å²) in [5.74, 6) is 2.54. The van der Waals surface area contributed by atoms with E-state index in [0.717, 1.165) is 34.6 Å². The molecule has 2 heterocycles. The Balaban J connectivity index is 2.17. The van der Waals surface area contributed by atoms with Crippen LogP contribution in [0, 0.1) is 6.92 Å². The quantitative estimate of drug-likeness (QED) is 0.736. The van der Waals surface area contributed by atoms with Crippen LogP contribution < -0.4 is 9.47 Å². The summed E-state index contributed by atoms with van der Waals surface area (Å²) < 4.78 is 17.2. The molecular formula is C13H14O3. The first-order chi connectivity index (χ1) is 7.78. The van der Waals surface area contributed by atoms with E-state index in [1.54, 1.807) is 0 Å². The van der Waals surface area contributed by atoms with Crippen molar-refractivity contribution in [1.82, 2.24) is 0 Å². The first kappa shape index (κ1) is 9.58. The molecule has 1 aromatic carbocycles. The molecular weight excluding hydrogens is 204 g/mol. The fourth-order valence-electron chi connectivity index (χ4n) is 2.01. The number of hydrogen-bond acceptors (Lipinski definition) is 3. The number of fused-ring (bicyclic) bond motifs is 3. The van der Waals surface area contributed by atoms with E-state index in [0.29, 0.717) is 6.61 Å². The van der Waals surface area contributed by atoms with Crippen molar-refractivity contribution in [2.24, 2.45) is 0 Å². The first-order valence-corrected chi connectivity index (χ1v) is 5.60. The van der Waals surface area contributed by atoms with E-state index in [1.807, 2.05) is 25.1 Å². The predicted molar refractivity (Wildman–Crippen MR) is 61.2 cm³/mol. The van der Waals surface area contributed by atoms with Crippen molar-refractivity contribution in [3.63, 3.8) is 0 Å². The van der Waals surface area contributed by atoms with Crippen LogP contribution in [0.2, 0.25) is 0 Å². The van der Waals surface area contributed by atoms with Gasteiger partial charge in [-0.2, -0.15) is 0 Å². The van der Waals surface area contributed by atoms with Gasteiger partial charge in [0.2, 0.25) is 0 Å². The van der Waals surface area contributed by atoms with Crippen LogP contribution in [0.5, 0.6) is 11.5 Å². The molecule has 0 aliphatic carbocycles. The fourth-order valence-corrected chi connectivity index (χ4v) is 2.01. The van der Waals surface area contributed by atoms with Gasteiger partial charge < -0.3 is 13.9 Å². The third-order valence-electron chi connectivity index (χ3n) is 2.90. The average molecular weight is 218 g/mol. The van der Waals surface area contributed by atoms with E-state index < -0.39 is 0 Å². The topological polar surface area (TPSA) is 31.6 Å². The van der Waals surface area contributed by atoms with Crippen LogP contribution >= 0.6 is 0 Å². The van der Waals surface area contributed by atoms with Crippen LogP contribution in [0.25, 0.3) is 11.0 Å². The van der Waals surface area contributed by atoms with Crippen LogP contribution in [0.3, 0.4) is 0 Å². The second-order valence-corrected chi connectivity index (χ2v) is 4.12. The average Bonchev–Trinajstić information content (AvgIpc) is 2.69. The summed E-state index contributed by atoms with van der Waals surface area (Å²) in [5.41, 5.74) is 0.858. The Morgan fingerprint density at radius 2 is 2.25 bits per heavy atom. The molecule has 0 spiro atoms. The molecule has 3 nitrogen and oxygen atoms in total. The summed E-state index contributed by atoms with van der Waals surface area (Å²) in [6.45, 7) is 4.67. The molecule has 1 unspecified atom stereocenters. The van der Waals surface area contributed by atoms with Crippen molar-refractivity contribution in [2.45, 2.75) is 26.4 Å². The number of benzene rings is 1. The Morgan fingerprint density at radius 3 is 3.06 bits per heavy atom. The number of rotatable bonds is 1. The Kier molecular flexibility index (Phi) is 2.06. The van der Waals surface area contributed by atoms with Crippen molar-refractivity contribution >= 4 is 11.0 Å². The fraction of sp³-hybridized carbons (Fsp3) is 0.385. The molecule has 3 rings (SSSR count). The summed E-state index contributed by atoms with van der Waals surface area (Å²) in [5, 5.41) is 1.01. The maximum absolute atomic E-state index is 5.92. The maximum Gasteiger partial charge on any atom is 0.172 e. The summed E-state index contributed by atoms with van der Waals surface area (Å²) in [6.07, 6.45) is 1.10. The van der Waals surface area contributed by atoms with Gasteiger partial charge in [-0.3, -0.25) is 0 Å². The molecule has 16 heavy (non-hydrogen) atoms. The third kappa shape index (κ3) is 1.35. The van der Waals surface area contributed by atoms with Crippen LogP contribution in [0.1, 0.15) is 19.1 Å². The molecule has 1 aromatic heterocycles. The molecule has 1 aliphatic rings. The highest BCUT2D eigenvalue weighted by Gasteiger charge is 2.22. The SMILES string of the molecule is CCC1COc2ccc3oc(C)cc3c2O1. The zero-order chi connectivity index (χ0) is 11.1. The van der Waals surface area contributed by atoms with Gasteiger partial charge in [0, 0.05) is 0 Å². The van der Waals surface area contributed by atoms with Gasteiger partial charge in [0.05, 0.1) is 5.39 Å². The zero-order valence-electron chi connectivity index (χ0n) is 9.45. The molecule has 0 radical (unpaired) electrons. The lowest BCUT2D eigenvalue weighted by Crippen LogP contribution is -2.28. The molecule has 0 fully saturated rings. The highest BCUT2D eigenvalue weighted by Crippen LogP contribution is 2.40. The minimum atomic E-state index is 0.147. The molecule has 3 heteroatoms. The van der Waals surface area contributed by atoms with Gasteiger partial charge in [0.15, 0.2) is 11.5 Å². The summed E-state index contributed by atoms with van der Waals surface area (Å²) in [6, 6.07) is 5.83. The van der Waals surface area contributed by atoms with E-state index in [2.05, 4.69) is 6.92 Å². The maximum atomic E-state index is 5.92. The van der Waals surface area contributed by atoms with Gasteiger partial charge in [-0.1, -0.05) is 6.92 Å². The largest absolute Gasteiger partial charge is 0.486 e. The Labute approximate surface area is 94.0 Å². The number of hydrogen-bond donors (Lipinski definition) is 0. The normalized spacial score (nSPS) is 19.0. The van der Waals surface area contributed by atoms with E-state index >= 15 is 0 Å². The van der Waals surface area contributed by atoms with Gasteiger partial charge >= 0.3 is 0 Å². The van der Waals surface area contributed by atoms with Crippen molar-refractivity contribution in [1.29, 1.82) is 0 Å². The lowest BCUT2D eigenvalue weighted by atomic mass is 10.2. The molecule has 1 atom stereocenters. The molecule has 2 aromatic rings. The van der Waals surface area contributed by atoms with Crippen molar-refractivity contribution in [2.75, 3.05) is 6.61 Å². The molecule has 0 amide bonds. The van der Waals surface area contributed by atoms with E-state index in [4.69, 9.17) is 13.9 Å². The van der Waals surface area contributed by atoms with Crippen molar-refractivity contribution in [3.8, 4) is 11.5 Å². The van der Waals surface area contributed by atoms with Crippen LogP contribution in [0.4, 0.5) is 0 Å². The van der Waals surface area contributed by atoms with Gasteiger partial charge in [-0.25, -0.2) is 0 Å². The predicted octanol–water partition coefficient (Wildman–Crippen LogP) is 3.29. The van der Waals surface area contributed by atoms with Crippen molar-refractivity contribution < 1.29 is 13.9 Å². The Hall–Kier alpha value is -1.64. The lowest BCUT2D eigenvalue weighted by molar-refractivity contribution is 0.0905. The van der Waals surface area contributed by atoms with E-state index in [-0.39, 0.29) is 6.10 Å². The molecule has 0 saturated heterocycles. The van der Waals surface area contributed by atoms with Crippen LogP contribution in [-0.4, -0.2) is 12.7 Å². The second-order valence-electron chi connectivity index (χ2n) is 4.12. The summed E-state index contributed by atoms with van der Waals surface area (Å²) in [4.78, 5) is 0. The third-order valence-corrected chi connectivity index (χ3v) is 2.90. The summed E-state index contributed by atoms with van der Waals surface area (Å²) in [7, 11) is 0. The smallest absolute Gasteiger partial charge is 0.172 e. The van der Waals surface area contributed by atoms with E-state index in [9.17, 15) is 0 Å².